The van der Waals surface area contributed by atoms with Crippen molar-refractivity contribution in [1.82, 2.24) is 10.2 Å². The summed E-state index contributed by atoms with van der Waals surface area (Å²) < 4.78 is 32.7. The van der Waals surface area contributed by atoms with Gasteiger partial charge in [0.1, 0.15) is 6.04 Å². The Morgan fingerprint density at radius 1 is 1.12 bits per heavy atom. The van der Waals surface area contributed by atoms with Gasteiger partial charge in [0.05, 0.1) is 16.0 Å². The molecule has 11 heteroatoms. The number of anilines is 1. The van der Waals surface area contributed by atoms with E-state index in [2.05, 4.69) is 10.6 Å². The molecule has 0 bridgehead atoms. The lowest BCUT2D eigenvalue weighted by Gasteiger charge is -2.27. The van der Waals surface area contributed by atoms with Crippen molar-refractivity contribution in [3.05, 3.63) is 58.7 Å². The Labute approximate surface area is 196 Å². The van der Waals surface area contributed by atoms with Crippen LogP contribution in [-0.2, 0) is 26.1 Å². The van der Waals surface area contributed by atoms with E-state index in [4.69, 9.17) is 0 Å². The number of nitrogens with zero attached hydrogens (tertiary/aromatic N) is 1. The van der Waals surface area contributed by atoms with Crippen LogP contribution in [0, 0.1) is 6.92 Å². The van der Waals surface area contributed by atoms with Crippen LogP contribution in [0.4, 0.5) is 5.69 Å². The van der Waals surface area contributed by atoms with Crippen molar-refractivity contribution in [3.63, 3.8) is 0 Å². The minimum absolute atomic E-state index is 0.0411. The first-order valence-electron chi connectivity index (χ1n) is 10.7. The van der Waals surface area contributed by atoms with Crippen LogP contribution in [0.25, 0.3) is 0 Å². The van der Waals surface area contributed by atoms with E-state index in [1.54, 1.807) is 24.3 Å². The van der Waals surface area contributed by atoms with E-state index in [1.165, 1.54) is 12.1 Å². The summed E-state index contributed by atoms with van der Waals surface area (Å²) in [6.07, 6.45) is 0.952. The van der Waals surface area contributed by atoms with E-state index >= 15 is 0 Å². The summed E-state index contributed by atoms with van der Waals surface area (Å²) >= 11 is 0. The number of carbonyl (C=O) groups is 4. The van der Waals surface area contributed by atoms with Crippen LogP contribution >= 0.6 is 0 Å². The first-order valence-corrected chi connectivity index (χ1v) is 12.2. The Bertz CT molecular complexity index is 1320. The fourth-order valence-corrected chi connectivity index (χ4v) is 5.05. The average molecular weight is 486 g/mol. The first kappa shape index (κ1) is 23.6. The van der Waals surface area contributed by atoms with Crippen LogP contribution in [0.2, 0.25) is 0 Å². The summed E-state index contributed by atoms with van der Waals surface area (Å²) in [7, 11) is -4.35. The summed E-state index contributed by atoms with van der Waals surface area (Å²) in [4.78, 5) is 50.4. The van der Waals surface area contributed by atoms with E-state index < -0.39 is 39.8 Å². The van der Waals surface area contributed by atoms with Gasteiger partial charge in [0.2, 0.25) is 11.8 Å². The minimum atomic E-state index is -4.35. The molecule has 2 aromatic carbocycles. The van der Waals surface area contributed by atoms with Gasteiger partial charge in [-0.15, -0.1) is 0 Å². The Balaban J connectivity index is 1.48. The van der Waals surface area contributed by atoms with Crippen LogP contribution in [0.3, 0.4) is 0 Å². The van der Waals surface area contributed by atoms with Gasteiger partial charge < -0.3 is 5.32 Å². The second-order valence-electron chi connectivity index (χ2n) is 8.29. The maximum Gasteiger partial charge on any atom is 0.294 e. The van der Waals surface area contributed by atoms with Gasteiger partial charge in [-0.05, 0) is 49.9 Å². The molecule has 0 saturated carbocycles. The fraction of sp³-hybridized carbons (Fsp3) is 0.304. The molecule has 1 saturated heterocycles. The van der Waals surface area contributed by atoms with Gasteiger partial charge in [0.15, 0.2) is 0 Å². The standard InChI is InChI=1S/C23H23N3O7S/c1-13-7-9-18(34(31,32)33)14(12-13)4-3-11-24-16-6-2-5-15-20(16)23(30)26(22(15)29)17-8-10-19(27)25-21(17)28/h2,5-7,9,12,17,24H,3-4,8,10-11H2,1H3,(H,25,27,28)(H,31,32,33). The number of benzene rings is 2. The molecule has 34 heavy (non-hydrogen) atoms. The number of piperidine rings is 1. The lowest BCUT2D eigenvalue weighted by atomic mass is 10.0. The fourth-order valence-electron chi connectivity index (χ4n) is 4.32. The van der Waals surface area contributed by atoms with E-state index in [0.717, 1.165) is 10.5 Å². The summed E-state index contributed by atoms with van der Waals surface area (Å²) in [5.74, 6) is -2.31. The minimum Gasteiger partial charge on any atom is -0.384 e. The summed E-state index contributed by atoms with van der Waals surface area (Å²) in [5.41, 5.74) is 2.09. The number of aryl methyl sites for hydroxylation is 2. The van der Waals surface area contributed by atoms with Crippen LogP contribution < -0.4 is 10.6 Å². The highest BCUT2D eigenvalue weighted by molar-refractivity contribution is 7.85. The van der Waals surface area contributed by atoms with E-state index in [9.17, 15) is 32.1 Å². The number of rotatable bonds is 7. The molecule has 2 heterocycles. The van der Waals surface area contributed by atoms with Gasteiger partial charge in [-0.25, -0.2) is 0 Å². The van der Waals surface area contributed by atoms with Crippen LogP contribution in [0.5, 0.6) is 0 Å². The molecule has 3 N–H and O–H groups in total. The van der Waals surface area contributed by atoms with Gasteiger partial charge in [0, 0.05) is 18.7 Å². The average Bonchev–Trinajstić information content (AvgIpc) is 3.01. The molecule has 2 aromatic rings. The predicted molar refractivity (Wildman–Crippen MR) is 121 cm³/mol. The third-order valence-electron chi connectivity index (χ3n) is 5.90. The molecule has 0 aliphatic carbocycles. The van der Waals surface area contributed by atoms with E-state index in [1.807, 2.05) is 6.92 Å². The molecule has 0 aromatic heterocycles. The topological polar surface area (TPSA) is 150 Å². The summed E-state index contributed by atoms with van der Waals surface area (Å²) in [5, 5.41) is 5.28. The van der Waals surface area contributed by atoms with Gasteiger partial charge in [-0.2, -0.15) is 8.42 Å². The van der Waals surface area contributed by atoms with E-state index in [0.29, 0.717) is 30.6 Å². The van der Waals surface area contributed by atoms with Gasteiger partial charge in [-0.1, -0.05) is 23.8 Å². The van der Waals surface area contributed by atoms with Gasteiger partial charge >= 0.3 is 0 Å². The molecule has 0 radical (unpaired) electrons. The van der Waals surface area contributed by atoms with Crippen molar-refractivity contribution < 1.29 is 32.1 Å². The smallest absolute Gasteiger partial charge is 0.294 e. The maximum absolute atomic E-state index is 13.1. The third-order valence-corrected chi connectivity index (χ3v) is 6.85. The zero-order valence-electron chi connectivity index (χ0n) is 18.3. The highest BCUT2D eigenvalue weighted by atomic mass is 32.2. The lowest BCUT2D eigenvalue weighted by Crippen LogP contribution is -2.54. The molecule has 2 aliphatic heterocycles. The number of carbonyl (C=O) groups excluding carboxylic acids is 4. The van der Waals surface area contributed by atoms with Crippen molar-refractivity contribution in [1.29, 1.82) is 0 Å². The maximum atomic E-state index is 13.1. The zero-order valence-corrected chi connectivity index (χ0v) is 19.1. The molecule has 1 atom stereocenters. The third kappa shape index (κ3) is 4.44. The SMILES string of the molecule is Cc1ccc(S(=O)(=O)O)c(CCCNc2cccc3c2C(=O)N(C2CCC(=O)NC2=O)C3=O)c1. The molecule has 2 aliphatic rings. The number of hydrogen-bond acceptors (Lipinski definition) is 7. The highest BCUT2D eigenvalue weighted by Gasteiger charge is 2.45. The molecular formula is C23H23N3O7S. The predicted octanol–water partition coefficient (Wildman–Crippen LogP) is 1.69. The molecular weight excluding hydrogens is 462 g/mol. The van der Waals surface area contributed by atoms with Gasteiger partial charge in [0.25, 0.3) is 21.9 Å². The monoisotopic (exact) mass is 485 g/mol. The highest BCUT2D eigenvalue weighted by Crippen LogP contribution is 2.32. The van der Waals surface area contributed by atoms with Gasteiger partial charge in [-0.3, -0.25) is 33.9 Å². The van der Waals surface area contributed by atoms with Crippen LogP contribution in [-0.4, -0.2) is 54.1 Å². The first-order chi connectivity index (χ1) is 16.1. The molecule has 178 valence electrons. The van der Waals surface area contributed by atoms with E-state index in [-0.39, 0.29) is 28.9 Å². The zero-order chi connectivity index (χ0) is 24.6. The largest absolute Gasteiger partial charge is 0.384 e. The number of hydrogen-bond donors (Lipinski definition) is 3. The normalized spacial score (nSPS) is 18.2. The Morgan fingerprint density at radius 3 is 2.59 bits per heavy atom. The molecule has 1 unspecified atom stereocenters. The van der Waals surface area contributed by atoms with Crippen molar-refractivity contribution in [3.8, 4) is 0 Å². The number of nitrogens with one attached hydrogen (secondary N) is 2. The number of imide groups is 2. The number of fused-ring (bicyclic) bond motifs is 1. The summed E-state index contributed by atoms with van der Waals surface area (Å²) in [6.45, 7) is 2.18. The number of amides is 4. The van der Waals surface area contributed by atoms with Crippen molar-refractivity contribution in [2.45, 2.75) is 43.5 Å². The molecule has 4 rings (SSSR count). The Kier molecular flexibility index (Phi) is 6.24. The van der Waals surface area contributed by atoms with Crippen LogP contribution in [0.1, 0.15) is 51.1 Å². The Morgan fingerprint density at radius 2 is 1.88 bits per heavy atom. The quantitative estimate of drug-likeness (QED) is 0.305. The molecule has 4 amide bonds. The molecule has 0 spiro atoms. The second kappa shape index (κ2) is 8.99. The molecule has 1 fully saturated rings. The second-order valence-corrected chi connectivity index (χ2v) is 9.68. The lowest BCUT2D eigenvalue weighted by molar-refractivity contribution is -0.136. The van der Waals surface area contributed by atoms with Crippen LogP contribution in [0.15, 0.2) is 41.3 Å². The van der Waals surface area contributed by atoms with Crippen molar-refractivity contribution in [2.24, 2.45) is 0 Å². The van der Waals surface area contributed by atoms with Crippen molar-refractivity contribution in [2.75, 3.05) is 11.9 Å². The Hall–Kier alpha value is -3.57. The summed E-state index contributed by atoms with van der Waals surface area (Å²) in [6, 6.07) is 8.41. The van der Waals surface area contributed by atoms with Crippen molar-refractivity contribution >= 4 is 39.4 Å². The molecule has 10 nitrogen and oxygen atoms in total.